The second kappa shape index (κ2) is 8.11. The average molecular weight is 580 g/mol. The number of halogens is 2. The molecular formula is C31H20Br2N2. The van der Waals surface area contributed by atoms with Crippen molar-refractivity contribution in [2.24, 2.45) is 0 Å². The summed E-state index contributed by atoms with van der Waals surface area (Å²) in [5.41, 5.74) is 4.82. The maximum Gasteiger partial charge on any atom is 0.100 e. The van der Waals surface area contributed by atoms with E-state index in [1.165, 1.54) is 55.1 Å². The molecular weight excluding hydrogens is 560 g/mol. The Kier molecular flexibility index (Phi) is 4.86. The standard InChI is InChI=1S/C31H20Br2N2/c32-25-17-15-20-7-1-3-11-23(20)30(25)34-19-35(28-14-6-10-22-9-5-13-27(34)29(22)28)31-24-12-4-2-8-21(24)16-18-26(31)33/h1-18H,19H2. The van der Waals surface area contributed by atoms with Gasteiger partial charge in [-0.2, -0.15) is 0 Å². The highest BCUT2D eigenvalue weighted by molar-refractivity contribution is 9.11. The molecule has 0 aliphatic carbocycles. The monoisotopic (exact) mass is 578 g/mol. The Morgan fingerprint density at radius 1 is 0.457 bits per heavy atom. The fourth-order valence-electron chi connectivity index (χ4n) is 5.43. The van der Waals surface area contributed by atoms with Crippen LogP contribution in [0.1, 0.15) is 0 Å². The molecule has 0 N–H and O–H groups in total. The van der Waals surface area contributed by atoms with Gasteiger partial charge in [-0.25, -0.2) is 0 Å². The lowest BCUT2D eigenvalue weighted by molar-refractivity contribution is 0.920. The summed E-state index contributed by atoms with van der Waals surface area (Å²) in [6.45, 7) is 0.690. The van der Waals surface area contributed by atoms with Crippen molar-refractivity contribution in [3.8, 4) is 0 Å². The molecule has 0 atom stereocenters. The highest BCUT2D eigenvalue weighted by Crippen LogP contribution is 2.50. The molecule has 0 spiro atoms. The summed E-state index contributed by atoms with van der Waals surface area (Å²) >= 11 is 7.80. The number of benzene rings is 6. The molecule has 0 saturated carbocycles. The molecule has 6 aromatic carbocycles. The van der Waals surface area contributed by atoms with Gasteiger partial charge in [0.05, 0.1) is 22.7 Å². The van der Waals surface area contributed by atoms with Gasteiger partial charge in [0.15, 0.2) is 0 Å². The van der Waals surface area contributed by atoms with E-state index in [1.807, 2.05) is 0 Å². The fourth-order valence-corrected chi connectivity index (χ4v) is 6.55. The summed E-state index contributed by atoms with van der Waals surface area (Å²) in [5, 5.41) is 7.43. The van der Waals surface area contributed by atoms with Crippen molar-refractivity contribution in [3.63, 3.8) is 0 Å². The molecule has 0 amide bonds. The number of fused-ring (bicyclic) bond motifs is 2. The van der Waals surface area contributed by atoms with Crippen LogP contribution in [0.15, 0.2) is 118 Å². The number of anilines is 4. The van der Waals surface area contributed by atoms with E-state index in [9.17, 15) is 0 Å². The van der Waals surface area contributed by atoms with Crippen LogP contribution < -0.4 is 9.80 Å². The summed E-state index contributed by atoms with van der Waals surface area (Å²) in [6, 6.07) is 39.2. The molecule has 2 nitrogen and oxygen atoms in total. The van der Waals surface area contributed by atoms with Gasteiger partial charge in [-0.15, -0.1) is 0 Å². The lowest BCUT2D eigenvalue weighted by Crippen LogP contribution is -2.36. The molecule has 7 rings (SSSR count). The fraction of sp³-hybridized carbons (Fsp3) is 0.0323. The van der Waals surface area contributed by atoms with Crippen LogP contribution in [0.25, 0.3) is 32.3 Å². The Balaban J connectivity index is 1.57. The normalized spacial score (nSPS) is 13.2. The van der Waals surface area contributed by atoms with Crippen molar-refractivity contribution in [2.45, 2.75) is 0 Å². The highest BCUT2D eigenvalue weighted by Gasteiger charge is 2.30. The second-order valence-electron chi connectivity index (χ2n) is 8.88. The van der Waals surface area contributed by atoms with E-state index in [4.69, 9.17) is 0 Å². The van der Waals surface area contributed by atoms with Crippen molar-refractivity contribution in [3.05, 3.63) is 118 Å². The van der Waals surface area contributed by atoms with E-state index in [0.717, 1.165) is 8.95 Å². The smallest absolute Gasteiger partial charge is 0.100 e. The lowest BCUT2D eigenvalue weighted by Gasteiger charge is -2.41. The van der Waals surface area contributed by atoms with Crippen LogP contribution in [-0.2, 0) is 0 Å². The van der Waals surface area contributed by atoms with E-state index in [-0.39, 0.29) is 0 Å². The molecule has 1 aliphatic heterocycles. The molecule has 168 valence electrons. The highest BCUT2D eigenvalue weighted by atomic mass is 79.9. The average Bonchev–Trinajstić information content (AvgIpc) is 2.90. The Bertz CT molecular complexity index is 1650. The zero-order valence-corrected chi connectivity index (χ0v) is 21.9. The van der Waals surface area contributed by atoms with Crippen molar-refractivity contribution >= 4 is 86.9 Å². The first kappa shape index (κ1) is 21.0. The van der Waals surface area contributed by atoms with Gasteiger partial charge in [-0.3, -0.25) is 0 Å². The Morgan fingerprint density at radius 2 is 0.914 bits per heavy atom. The van der Waals surface area contributed by atoms with E-state index < -0.39 is 0 Å². The van der Waals surface area contributed by atoms with Gasteiger partial charge in [0.25, 0.3) is 0 Å². The molecule has 1 heterocycles. The predicted molar refractivity (Wildman–Crippen MR) is 156 cm³/mol. The summed E-state index contributed by atoms with van der Waals surface area (Å²) in [7, 11) is 0. The third kappa shape index (κ3) is 3.20. The molecule has 35 heavy (non-hydrogen) atoms. The van der Waals surface area contributed by atoms with Gasteiger partial charge < -0.3 is 9.80 Å². The molecule has 0 bridgehead atoms. The largest absolute Gasteiger partial charge is 0.321 e. The van der Waals surface area contributed by atoms with Gasteiger partial charge in [0.1, 0.15) is 6.67 Å². The minimum Gasteiger partial charge on any atom is -0.321 e. The van der Waals surface area contributed by atoms with Crippen LogP contribution in [0, 0.1) is 0 Å². The minimum atomic E-state index is 0.690. The number of rotatable bonds is 2. The summed E-state index contributed by atoms with van der Waals surface area (Å²) < 4.78 is 2.18. The zero-order valence-electron chi connectivity index (χ0n) is 18.7. The SMILES string of the molecule is Brc1ccc2ccccc2c1N1CN(c2c(Br)ccc3ccccc23)c2cccc3cccc1c23. The van der Waals surface area contributed by atoms with Crippen LogP contribution in [0.2, 0.25) is 0 Å². The number of hydrogen-bond acceptors (Lipinski definition) is 2. The van der Waals surface area contributed by atoms with Crippen molar-refractivity contribution in [1.82, 2.24) is 0 Å². The molecule has 0 radical (unpaired) electrons. The van der Waals surface area contributed by atoms with E-state index in [0.29, 0.717) is 6.67 Å². The topological polar surface area (TPSA) is 6.48 Å². The minimum absolute atomic E-state index is 0.690. The maximum absolute atomic E-state index is 3.90. The van der Waals surface area contributed by atoms with Crippen LogP contribution in [0.4, 0.5) is 22.7 Å². The first-order chi connectivity index (χ1) is 17.2. The third-order valence-corrected chi connectivity index (χ3v) is 8.25. The van der Waals surface area contributed by atoms with Crippen molar-refractivity contribution in [2.75, 3.05) is 16.5 Å². The number of hydrogen-bond donors (Lipinski definition) is 0. The predicted octanol–water partition coefficient (Wildman–Crippen LogP) is 9.92. The van der Waals surface area contributed by atoms with Gasteiger partial charge in [0, 0.05) is 25.1 Å². The molecule has 6 aromatic rings. The Labute approximate surface area is 220 Å². The van der Waals surface area contributed by atoms with Gasteiger partial charge >= 0.3 is 0 Å². The van der Waals surface area contributed by atoms with Crippen LogP contribution in [0.5, 0.6) is 0 Å². The van der Waals surface area contributed by atoms with Gasteiger partial charge in [-0.1, -0.05) is 84.9 Å². The van der Waals surface area contributed by atoms with Gasteiger partial charge in [0.2, 0.25) is 0 Å². The molecule has 0 aromatic heterocycles. The Morgan fingerprint density at radius 3 is 1.43 bits per heavy atom. The molecule has 0 unspecified atom stereocenters. The lowest BCUT2D eigenvalue weighted by atomic mass is 10.00. The molecule has 0 fully saturated rings. The van der Waals surface area contributed by atoms with Crippen LogP contribution >= 0.6 is 31.9 Å². The van der Waals surface area contributed by atoms with E-state index in [2.05, 4.69) is 151 Å². The molecule has 1 aliphatic rings. The molecule has 0 saturated heterocycles. The Hall–Kier alpha value is -3.34. The van der Waals surface area contributed by atoms with Crippen LogP contribution in [0.3, 0.4) is 0 Å². The van der Waals surface area contributed by atoms with E-state index >= 15 is 0 Å². The van der Waals surface area contributed by atoms with E-state index in [1.54, 1.807) is 0 Å². The van der Waals surface area contributed by atoms with Crippen molar-refractivity contribution < 1.29 is 0 Å². The first-order valence-corrected chi connectivity index (χ1v) is 13.2. The van der Waals surface area contributed by atoms with Gasteiger partial charge in [-0.05, 0) is 72.3 Å². The van der Waals surface area contributed by atoms with Crippen LogP contribution in [-0.4, -0.2) is 6.67 Å². The summed E-state index contributed by atoms with van der Waals surface area (Å²) in [6.07, 6.45) is 0. The maximum atomic E-state index is 3.90. The van der Waals surface area contributed by atoms with Crippen molar-refractivity contribution in [1.29, 1.82) is 0 Å². The zero-order chi connectivity index (χ0) is 23.5. The second-order valence-corrected chi connectivity index (χ2v) is 10.6. The molecule has 4 heteroatoms. The third-order valence-electron chi connectivity index (χ3n) is 6.97. The number of nitrogens with zero attached hydrogens (tertiary/aromatic N) is 2. The first-order valence-electron chi connectivity index (χ1n) is 11.6. The summed E-state index contributed by atoms with van der Waals surface area (Å²) in [5.74, 6) is 0. The quantitative estimate of drug-likeness (QED) is 0.201. The summed E-state index contributed by atoms with van der Waals surface area (Å²) in [4.78, 5) is 4.91.